The normalized spacial score (nSPS) is 13.3. The Morgan fingerprint density at radius 2 is 1.79 bits per heavy atom. The molecule has 1 heterocycles. The van der Waals surface area contributed by atoms with E-state index < -0.39 is 15.9 Å². The average Bonchev–Trinajstić information content (AvgIpc) is 2.91. The first-order chi connectivity index (χ1) is 18.6. The van der Waals surface area contributed by atoms with Crippen molar-refractivity contribution in [2.45, 2.75) is 51.1 Å². The molecule has 3 N–H and O–H groups in total. The van der Waals surface area contributed by atoms with Crippen LogP contribution < -0.4 is 15.6 Å². The molecule has 0 bridgehead atoms. The molecule has 0 aliphatic carbocycles. The summed E-state index contributed by atoms with van der Waals surface area (Å²) in [6, 6.07) is 20.0. The van der Waals surface area contributed by atoms with Crippen molar-refractivity contribution in [3.63, 3.8) is 0 Å². The van der Waals surface area contributed by atoms with Crippen LogP contribution in [0.25, 0.3) is 0 Å². The van der Waals surface area contributed by atoms with Crippen LogP contribution in [0.2, 0.25) is 5.02 Å². The molecule has 206 valence electrons. The van der Waals surface area contributed by atoms with E-state index in [1.54, 1.807) is 0 Å². The summed E-state index contributed by atoms with van der Waals surface area (Å²) in [6.07, 6.45) is 1.61. The lowest BCUT2D eigenvalue weighted by Gasteiger charge is -2.29. The van der Waals surface area contributed by atoms with Gasteiger partial charge in [0.05, 0.1) is 5.69 Å². The molecule has 1 aliphatic heterocycles. The van der Waals surface area contributed by atoms with Crippen LogP contribution in [0.5, 0.6) is 0 Å². The molecule has 8 nitrogen and oxygen atoms in total. The lowest BCUT2D eigenvalue weighted by atomic mass is 9.96. The number of hydrazine groups is 1. The van der Waals surface area contributed by atoms with Gasteiger partial charge in [-0.1, -0.05) is 67.9 Å². The second-order valence-electron chi connectivity index (χ2n) is 10.0. The fourth-order valence-electron chi connectivity index (χ4n) is 4.39. The molecule has 0 saturated carbocycles. The summed E-state index contributed by atoms with van der Waals surface area (Å²) >= 11 is 6.16. The van der Waals surface area contributed by atoms with Gasteiger partial charge in [0.15, 0.2) is 0 Å². The van der Waals surface area contributed by atoms with E-state index in [4.69, 9.17) is 11.6 Å². The van der Waals surface area contributed by atoms with Gasteiger partial charge in [0.2, 0.25) is 5.91 Å². The van der Waals surface area contributed by atoms with E-state index in [0.29, 0.717) is 48.2 Å². The number of nitrogens with zero attached hydrogens (tertiary/aromatic N) is 1. The van der Waals surface area contributed by atoms with Gasteiger partial charge >= 0.3 is 0 Å². The van der Waals surface area contributed by atoms with Gasteiger partial charge in [-0.05, 0) is 59.7 Å². The number of rotatable bonds is 11. The van der Waals surface area contributed by atoms with Gasteiger partial charge in [-0.3, -0.25) is 15.0 Å². The number of fused-ring (bicyclic) bond motifs is 1. The second-order valence-corrected chi connectivity index (χ2v) is 12.1. The Labute approximate surface area is 234 Å². The summed E-state index contributed by atoms with van der Waals surface area (Å²) in [6.45, 7) is 5.50. The maximum atomic E-state index is 13.1. The third-order valence-corrected chi connectivity index (χ3v) is 8.08. The van der Waals surface area contributed by atoms with Gasteiger partial charge in [-0.15, -0.1) is 4.83 Å². The summed E-state index contributed by atoms with van der Waals surface area (Å²) in [5.74, 6) is -0.0691. The monoisotopic (exact) mass is 568 g/mol. The molecule has 0 unspecified atom stereocenters. The van der Waals surface area contributed by atoms with Gasteiger partial charge in [0.1, 0.15) is 4.90 Å². The van der Waals surface area contributed by atoms with E-state index in [2.05, 4.69) is 15.6 Å². The quantitative estimate of drug-likeness (QED) is 0.285. The highest BCUT2D eigenvalue weighted by atomic mass is 35.5. The van der Waals surface area contributed by atoms with Crippen LogP contribution in [-0.4, -0.2) is 31.7 Å². The topological polar surface area (TPSA) is 108 Å². The van der Waals surface area contributed by atoms with Crippen molar-refractivity contribution >= 4 is 39.1 Å². The van der Waals surface area contributed by atoms with Crippen LogP contribution in [0.15, 0.2) is 71.6 Å². The molecule has 0 atom stereocenters. The van der Waals surface area contributed by atoms with E-state index >= 15 is 0 Å². The number of benzene rings is 3. The highest BCUT2D eigenvalue weighted by molar-refractivity contribution is 7.89. The Morgan fingerprint density at radius 3 is 2.54 bits per heavy atom. The van der Waals surface area contributed by atoms with E-state index in [9.17, 15) is 18.0 Å². The lowest BCUT2D eigenvalue weighted by molar-refractivity contribution is -0.121. The molecule has 39 heavy (non-hydrogen) atoms. The fraction of sp³-hybridized carbons (Fsp3) is 0.310. The first-order valence-corrected chi connectivity index (χ1v) is 14.8. The maximum Gasteiger partial charge on any atom is 0.259 e. The van der Waals surface area contributed by atoms with Crippen molar-refractivity contribution in [1.29, 1.82) is 0 Å². The standard InChI is InChI=1S/C29H33ClN4O4S/c1-20(2)8-13-28(35)32-33-39(37,38)27-12-10-24(30)17-26(27)31-18-22-9-11-25-23(16-22)14-15-34(29(25)36)19-21-6-4-3-5-7-21/h3-7,9-12,16-17,20,31,33H,8,13-15,18-19H2,1-2H3,(H,32,35). The number of hydrogen-bond acceptors (Lipinski definition) is 5. The fourth-order valence-corrected chi connectivity index (χ4v) is 5.59. The van der Waals surface area contributed by atoms with E-state index in [0.717, 1.165) is 23.1 Å². The largest absolute Gasteiger partial charge is 0.380 e. The minimum Gasteiger partial charge on any atom is -0.380 e. The molecule has 0 spiro atoms. The predicted molar refractivity (Wildman–Crippen MR) is 153 cm³/mol. The second kappa shape index (κ2) is 12.6. The molecule has 3 aromatic carbocycles. The molecule has 2 amide bonds. The zero-order valence-electron chi connectivity index (χ0n) is 22.0. The van der Waals surface area contributed by atoms with Gasteiger partial charge in [0, 0.05) is 36.6 Å². The van der Waals surface area contributed by atoms with Crippen LogP contribution in [-0.2, 0) is 34.3 Å². The first-order valence-electron chi connectivity index (χ1n) is 12.9. The summed E-state index contributed by atoms with van der Waals surface area (Å²) in [5, 5.41) is 3.52. The van der Waals surface area contributed by atoms with E-state index in [-0.39, 0.29) is 17.2 Å². The molecular formula is C29H33ClN4O4S. The van der Waals surface area contributed by atoms with Crippen molar-refractivity contribution in [2.24, 2.45) is 5.92 Å². The number of amides is 2. The Bertz CT molecular complexity index is 1440. The molecule has 1 aliphatic rings. The van der Waals surface area contributed by atoms with Crippen LogP contribution in [0.4, 0.5) is 5.69 Å². The first kappa shape index (κ1) is 28.6. The average molecular weight is 569 g/mol. The number of halogens is 1. The summed E-state index contributed by atoms with van der Waals surface area (Å²) < 4.78 is 25.9. The summed E-state index contributed by atoms with van der Waals surface area (Å²) in [7, 11) is -4.05. The summed E-state index contributed by atoms with van der Waals surface area (Å²) in [4.78, 5) is 29.1. The van der Waals surface area contributed by atoms with Crippen molar-refractivity contribution in [3.8, 4) is 0 Å². The molecule has 3 aromatic rings. The number of sulfonamides is 1. The minimum atomic E-state index is -4.05. The van der Waals surface area contributed by atoms with Crippen molar-refractivity contribution in [2.75, 3.05) is 11.9 Å². The highest BCUT2D eigenvalue weighted by Gasteiger charge is 2.25. The Morgan fingerprint density at radius 1 is 1.03 bits per heavy atom. The molecule has 0 fully saturated rings. The van der Waals surface area contributed by atoms with Crippen LogP contribution in [0, 0.1) is 5.92 Å². The molecule has 0 radical (unpaired) electrons. The van der Waals surface area contributed by atoms with E-state index in [1.165, 1.54) is 18.2 Å². The van der Waals surface area contributed by atoms with Gasteiger partial charge in [-0.25, -0.2) is 8.42 Å². The number of hydrogen-bond donors (Lipinski definition) is 3. The molecular weight excluding hydrogens is 536 g/mol. The highest BCUT2D eigenvalue weighted by Crippen LogP contribution is 2.27. The summed E-state index contributed by atoms with van der Waals surface area (Å²) in [5.41, 5.74) is 6.22. The van der Waals surface area contributed by atoms with E-state index in [1.807, 2.05) is 67.3 Å². The molecule has 0 aromatic heterocycles. The van der Waals surface area contributed by atoms with Crippen molar-refractivity contribution < 1.29 is 18.0 Å². The molecule has 0 saturated heterocycles. The van der Waals surface area contributed by atoms with Crippen LogP contribution >= 0.6 is 11.6 Å². The number of carbonyl (C=O) groups is 2. The maximum absolute atomic E-state index is 13.1. The van der Waals surface area contributed by atoms with Gasteiger partial charge in [0.25, 0.3) is 15.9 Å². The van der Waals surface area contributed by atoms with Crippen LogP contribution in [0.1, 0.15) is 53.7 Å². The van der Waals surface area contributed by atoms with Crippen molar-refractivity contribution in [1.82, 2.24) is 15.2 Å². The van der Waals surface area contributed by atoms with Gasteiger partial charge < -0.3 is 10.2 Å². The predicted octanol–water partition coefficient (Wildman–Crippen LogP) is 4.90. The zero-order chi connectivity index (χ0) is 28.0. The third kappa shape index (κ3) is 7.59. The zero-order valence-corrected chi connectivity index (χ0v) is 23.6. The smallest absolute Gasteiger partial charge is 0.259 e. The Kier molecular flexibility index (Phi) is 9.27. The SMILES string of the molecule is CC(C)CCC(=O)NNS(=O)(=O)c1ccc(Cl)cc1NCc1ccc2c(c1)CCN(Cc1ccccc1)C2=O. The van der Waals surface area contributed by atoms with Crippen LogP contribution in [0.3, 0.4) is 0 Å². The molecule has 4 rings (SSSR count). The Hall–Kier alpha value is -3.40. The number of carbonyl (C=O) groups excluding carboxylic acids is 2. The minimum absolute atomic E-state index is 0.00403. The molecule has 10 heteroatoms. The Balaban J connectivity index is 1.43. The lowest BCUT2D eigenvalue weighted by Crippen LogP contribution is -2.41. The van der Waals surface area contributed by atoms with Crippen molar-refractivity contribution in [3.05, 3.63) is 94.0 Å². The number of anilines is 1. The number of nitrogens with one attached hydrogen (secondary N) is 3. The third-order valence-electron chi connectivity index (χ3n) is 6.54. The van der Waals surface area contributed by atoms with Gasteiger partial charge in [-0.2, -0.15) is 0 Å².